The lowest BCUT2D eigenvalue weighted by Gasteiger charge is -2.37. The van der Waals surface area contributed by atoms with Crippen molar-refractivity contribution in [2.24, 2.45) is 17.3 Å². The van der Waals surface area contributed by atoms with Gasteiger partial charge in [-0.25, -0.2) is 0 Å². The Balaban J connectivity index is 1.85. The van der Waals surface area contributed by atoms with Crippen LogP contribution in [0.15, 0.2) is 22.7 Å². The van der Waals surface area contributed by atoms with Crippen molar-refractivity contribution in [3.63, 3.8) is 0 Å². The van der Waals surface area contributed by atoms with Crippen molar-refractivity contribution in [3.8, 4) is 5.75 Å². The van der Waals surface area contributed by atoms with Gasteiger partial charge in [0.05, 0.1) is 12.8 Å². The Labute approximate surface area is 137 Å². The van der Waals surface area contributed by atoms with E-state index in [1.807, 2.05) is 12.1 Å². The number of hydrogen-bond donors (Lipinski definition) is 1. The lowest BCUT2D eigenvalue weighted by atomic mass is 9.70. The highest BCUT2D eigenvalue weighted by molar-refractivity contribution is 9.10. The van der Waals surface area contributed by atoms with E-state index < -0.39 is 0 Å². The Kier molecular flexibility index (Phi) is 5.59. The fraction of sp³-hybridized carbons (Fsp3) is 0.667. The zero-order valence-corrected chi connectivity index (χ0v) is 15.3. The highest BCUT2D eigenvalue weighted by Crippen LogP contribution is 2.40. The number of halogens is 1. The average molecular weight is 354 g/mol. The van der Waals surface area contributed by atoms with E-state index in [9.17, 15) is 0 Å². The van der Waals surface area contributed by atoms with Crippen LogP contribution in [0.1, 0.15) is 46.5 Å². The second kappa shape index (κ2) is 7.04. The van der Waals surface area contributed by atoms with Gasteiger partial charge in [0.1, 0.15) is 5.75 Å². The molecule has 0 unspecified atom stereocenters. The van der Waals surface area contributed by atoms with Crippen molar-refractivity contribution in [1.82, 2.24) is 0 Å². The lowest BCUT2D eigenvalue weighted by molar-refractivity contribution is 0.153. The fourth-order valence-corrected chi connectivity index (χ4v) is 3.64. The van der Waals surface area contributed by atoms with Crippen molar-refractivity contribution in [2.45, 2.75) is 46.5 Å². The number of methoxy groups -OCH3 is 1. The highest BCUT2D eigenvalue weighted by atomic mass is 79.9. The SMILES string of the molecule is COc1ccc(Br)c(NCC2CCC(C(C)(C)C)CC2)c1. The normalized spacial score (nSPS) is 22.9. The van der Waals surface area contributed by atoms with Crippen LogP contribution in [0.5, 0.6) is 5.75 Å². The van der Waals surface area contributed by atoms with E-state index in [2.05, 4.69) is 48.1 Å². The van der Waals surface area contributed by atoms with Gasteiger partial charge >= 0.3 is 0 Å². The maximum Gasteiger partial charge on any atom is 0.121 e. The zero-order chi connectivity index (χ0) is 15.5. The molecule has 2 nitrogen and oxygen atoms in total. The zero-order valence-electron chi connectivity index (χ0n) is 13.7. The molecule has 1 saturated carbocycles. The first-order valence-electron chi connectivity index (χ1n) is 7.97. The largest absolute Gasteiger partial charge is 0.497 e. The van der Waals surface area contributed by atoms with Gasteiger partial charge in [0.25, 0.3) is 0 Å². The van der Waals surface area contributed by atoms with Gasteiger partial charge < -0.3 is 10.1 Å². The van der Waals surface area contributed by atoms with Gasteiger partial charge in [-0.15, -0.1) is 0 Å². The van der Waals surface area contributed by atoms with Crippen LogP contribution in [0, 0.1) is 17.3 Å². The molecule has 118 valence electrons. The van der Waals surface area contributed by atoms with Crippen molar-refractivity contribution in [2.75, 3.05) is 19.0 Å². The smallest absolute Gasteiger partial charge is 0.121 e. The average Bonchev–Trinajstić information content (AvgIpc) is 2.46. The topological polar surface area (TPSA) is 21.3 Å². The first-order valence-corrected chi connectivity index (χ1v) is 8.77. The van der Waals surface area contributed by atoms with Crippen molar-refractivity contribution < 1.29 is 4.74 Å². The number of nitrogens with one attached hydrogen (secondary N) is 1. The second-order valence-electron chi connectivity index (χ2n) is 7.31. The Morgan fingerprint density at radius 1 is 1.19 bits per heavy atom. The molecule has 1 aromatic carbocycles. The molecule has 1 aliphatic rings. The molecule has 0 atom stereocenters. The van der Waals surface area contributed by atoms with Crippen LogP contribution in [-0.2, 0) is 0 Å². The standard InChI is InChI=1S/C18H28BrNO/c1-18(2,3)14-7-5-13(6-8-14)12-20-17-11-15(21-4)9-10-16(17)19/h9-11,13-14,20H,5-8,12H2,1-4H3. The molecule has 0 saturated heterocycles. The van der Waals surface area contributed by atoms with Crippen LogP contribution in [0.2, 0.25) is 0 Å². The Bertz CT molecular complexity index is 459. The third kappa shape index (κ3) is 4.64. The molecule has 2 rings (SSSR count). The summed E-state index contributed by atoms with van der Waals surface area (Å²) in [5.74, 6) is 2.58. The molecular weight excluding hydrogens is 326 g/mol. The molecule has 0 radical (unpaired) electrons. The minimum atomic E-state index is 0.466. The second-order valence-corrected chi connectivity index (χ2v) is 8.16. The van der Waals surface area contributed by atoms with E-state index >= 15 is 0 Å². The van der Waals surface area contributed by atoms with Crippen LogP contribution in [-0.4, -0.2) is 13.7 Å². The molecule has 0 bridgehead atoms. The Hall–Kier alpha value is -0.700. The van der Waals surface area contributed by atoms with E-state index in [1.165, 1.54) is 25.7 Å². The van der Waals surface area contributed by atoms with Gasteiger partial charge in [0, 0.05) is 17.1 Å². The van der Waals surface area contributed by atoms with Crippen LogP contribution in [0.3, 0.4) is 0 Å². The van der Waals surface area contributed by atoms with Gasteiger partial charge in [-0.05, 0) is 71.0 Å². The molecule has 1 fully saturated rings. The van der Waals surface area contributed by atoms with Gasteiger partial charge in [-0.3, -0.25) is 0 Å². The number of hydrogen-bond acceptors (Lipinski definition) is 2. The molecule has 0 amide bonds. The summed E-state index contributed by atoms with van der Waals surface area (Å²) >= 11 is 3.60. The first kappa shape index (κ1) is 16.7. The molecule has 0 aliphatic heterocycles. The molecule has 0 aromatic heterocycles. The number of ether oxygens (including phenoxy) is 1. The van der Waals surface area contributed by atoms with Gasteiger partial charge in [-0.1, -0.05) is 20.8 Å². The molecular formula is C18H28BrNO. The summed E-state index contributed by atoms with van der Waals surface area (Å²) < 4.78 is 6.40. The molecule has 1 aromatic rings. The predicted molar refractivity (Wildman–Crippen MR) is 94.1 cm³/mol. The molecule has 0 heterocycles. The van der Waals surface area contributed by atoms with Crippen LogP contribution in [0.25, 0.3) is 0 Å². The monoisotopic (exact) mass is 353 g/mol. The van der Waals surface area contributed by atoms with Crippen LogP contribution in [0.4, 0.5) is 5.69 Å². The molecule has 0 spiro atoms. The van der Waals surface area contributed by atoms with Crippen molar-refractivity contribution >= 4 is 21.6 Å². The number of benzene rings is 1. The summed E-state index contributed by atoms with van der Waals surface area (Å²) in [5, 5.41) is 3.58. The summed E-state index contributed by atoms with van der Waals surface area (Å²) in [6.45, 7) is 8.19. The maximum absolute atomic E-state index is 5.29. The summed E-state index contributed by atoms with van der Waals surface area (Å²) in [4.78, 5) is 0. The van der Waals surface area contributed by atoms with E-state index in [-0.39, 0.29) is 0 Å². The summed E-state index contributed by atoms with van der Waals surface area (Å²) in [6, 6.07) is 6.08. The van der Waals surface area contributed by atoms with E-state index in [0.29, 0.717) is 5.41 Å². The van der Waals surface area contributed by atoms with E-state index in [4.69, 9.17) is 4.74 Å². The Morgan fingerprint density at radius 3 is 2.43 bits per heavy atom. The fourth-order valence-electron chi connectivity index (χ4n) is 3.25. The van der Waals surface area contributed by atoms with Crippen LogP contribution >= 0.6 is 15.9 Å². The lowest BCUT2D eigenvalue weighted by Crippen LogP contribution is -2.28. The quantitative estimate of drug-likeness (QED) is 0.746. The predicted octanol–water partition coefficient (Wildman–Crippen LogP) is 5.72. The summed E-state index contributed by atoms with van der Waals surface area (Å²) in [7, 11) is 1.71. The maximum atomic E-state index is 5.29. The molecule has 1 N–H and O–H groups in total. The number of anilines is 1. The van der Waals surface area contributed by atoms with Gasteiger partial charge in [0.2, 0.25) is 0 Å². The third-order valence-corrected chi connectivity index (χ3v) is 5.52. The Morgan fingerprint density at radius 2 is 1.86 bits per heavy atom. The minimum Gasteiger partial charge on any atom is -0.497 e. The summed E-state index contributed by atoms with van der Waals surface area (Å²) in [6.07, 6.45) is 5.43. The molecule has 1 aliphatic carbocycles. The molecule has 3 heteroatoms. The van der Waals surface area contributed by atoms with Crippen molar-refractivity contribution in [1.29, 1.82) is 0 Å². The van der Waals surface area contributed by atoms with E-state index in [0.717, 1.165) is 34.3 Å². The minimum absolute atomic E-state index is 0.466. The van der Waals surface area contributed by atoms with Gasteiger partial charge in [0.15, 0.2) is 0 Å². The summed E-state index contributed by atoms with van der Waals surface area (Å²) in [5.41, 5.74) is 1.60. The number of rotatable bonds is 4. The van der Waals surface area contributed by atoms with Gasteiger partial charge in [-0.2, -0.15) is 0 Å². The van der Waals surface area contributed by atoms with Crippen LogP contribution < -0.4 is 10.1 Å². The van der Waals surface area contributed by atoms with Crippen molar-refractivity contribution in [3.05, 3.63) is 22.7 Å². The highest BCUT2D eigenvalue weighted by Gasteiger charge is 2.29. The molecule has 21 heavy (non-hydrogen) atoms. The van der Waals surface area contributed by atoms with E-state index in [1.54, 1.807) is 7.11 Å². The third-order valence-electron chi connectivity index (χ3n) is 4.83. The first-order chi connectivity index (χ1) is 9.90.